The van der Waals surface area contributed by atoms with E-state index in [-0.39, 0.29) is 22.6 Å². The van der Waals surface area contributed by atoms with Crippen molar-refractivity contribution in [3.05, 3.63) is 45.7 Å². The fourth-order valence-electron chi connectivity index (χ4n) is 5.01. The van der Waals surface area contributed by atoms with Crippen molar-refractivity contribution < 1.29 is 23.7 Å². The Balaban J connectivity index is 1.90. The predicted octanol–water partition coefficient (Wildman–Crippen LogP) is 3.68. The van der Waals surface area contributed by atoms with Crippen LogP contribution in [-0.2, 0) is 9.47 Å². The maximum absolute atomic E-state index is 12.8. The van der Waals surface area contributed by atoms with Gasteiger partial charge in [-0.05, 0) is 50.8 Å². The monoisotopic (exact) mass is 456 g/mol. The van der Waals surface area contributed by atoms with Gasteiger partial charge in [0.1, 0.15) is 5.56 Å². The molecule has 2 aliphatic rings. The van der Waals surface area contributed by atoms with Crippen molar-refractivity contribution in [2.75, 3.05) is 39.6 Å². The number of carbonyl (C=O) groups excluding carboxylic acids is 1. The van der Waals surface area contributed by atoms with Crippen LogP contribution in [0, 0.1) is 0 Å². The number of hydrogen-bond acceptors (Lipinski definition) is 7. The van der Waals surface area contributed by atoms with E-state index in [0.29, 0.717) is 24.7 Å². The number of ether oxygens (including phenoxy) is 4. The van der Waals surface area contributed by atoms with Gasteiger partial charge in [0.05, 0.1) is 38.1 Å². The SMILES string of the molecule is COCCCOc1cc2c(cc1OC)-c1cc(=O)c(C(=O)OC)cn1N1C2CCCC1(C)C. The van der Waals surface area contributed by atoms with Crippen LogP contribution in [0.2, 0.25) is 0 Å². The van der Waals surface area contributed by atoms with E-state index < -0.39 is 5.97 Å². The third-order valence-electron chi connectivity index (χ3n) is 6.57. The van der Waals surface area contributed by atoms with E-state index in [1.54, 1.807) is 20.4 Å². The highest BCUT2D eigenvalue weighted by atomic mass is 16.5. The molecule has 1 fully saturated rings. The van der Waals surface area contributed by atoms with Crippen LogP contribution in [0.15, 0.2) is 29.2 Å². The number of benzene rings is 1. The summed E-state index contributed by atoms with van der Waals surface area (Å²) in [6, 6.07) is 5.56. The first-order chi connectivity index (χ1) is 15.8. The van der Waals surface area contributed by atoms with Gasteiger partial charge < -0.3 is 18.9 Å². The molecule has 178 valence electrons. The van der Waals surface area contributed by atoms with Crippen molar-refractivity contribution in [2.24, 2.45) is 0 Å². The topological polar surface area (TPSA) is 79.2 Å². The number of hydrogen-bond donors (Lipinski definition) is 0. The maximum Gasteiger partial charge on any atom is 0.343 e. The van der Waals surface area contributed by atoms with Crippen LogP contribution in [0.3, 0.4) is 0 Å². The zero-order valence-corrected chi connectivity index (χ0v) is 20.0. The first-order valence-electron chi connectivity index (χ1n) is 11.3. The average molecular weight is 457 g/mol. The second-order valence-corrected chi connectivity index (χ2v) is 9.12. The highest BCUT2D eigenvalue weighted by molar-refractivity contribution is 5.89. The molecule has 0 spiro atoms. The summed E-state index contributed by atoms with van der Waals surface area (Å²) >= 11 is 0. The summed E-state index contributed by atoms with van der Waals surface area (Å²) in [5, 5.41) is 2.28. The number of fused-ring (bicyclic) bond motifs is 6. The van der Waals surface area contributed by atoms with Gasteiger partial charge in [-0.25, -0.2) is 4.79 Å². The second-order valence-electron chi connectivity index (χ2n) is 9.12. The molecular weight excluding hydrogens is 424 g/mol. The number of piperidine rings is 1. The van der Waals surface area contributed by atoms with Gasteiger partial charge in [0, 0.05) is 38.0 Å². The fraction of sp³-hybridized carbons (Fsp3) is 0.520. The molecule has 0 amide bonds. The number of esters is 1. The molecule has 8 heteroatoms. The van der Waals surface area contributed by atoms with E-state index in [4.69, 9.17) is 18.9 Å². The van der Waals surface area contributed by atoms with E-state index in [1.807, 2.05) is 16.8 Å². The van der Waals surface area contributed by atoms with E-state index in [2.05, 4.69) is 18.9 Å². The minimum Gasteiger partial charge on any atom is -0.493 e. The van der Waals surface area contributed by atoms with Gasteiger partial charge in [-0.2, -0.15) is 0 Å². The Hall–Kier alpha value is -3.00. The third kappa shape index (κ3) is 4.08. The molecule has 0 aliphatic carbocycles. The molecule has 2 aromatic rings. The highest BCUT2D eigenvalue weighted by Gasteiger charge is 2.43. The number of pyridine rings is 1. The molecule has 4 rings (SSSR count). The number of rotatable bonds is 7. The first kappa shape index (κ1) is 23.2. The largest absolute Gasteiger partial charge is 0.493 e. The van der Waals surface area contributed by atoms with E-state index >= 15 is 0 Å². The molecule has 0 bridgehead atoms. The lowest BCUT2D eigenvalue weighted by Gasteiger charge is -2.53. The van der Waals surface area contributed by atoms with Crippen LogP contribution in [0.4, 0.5) is 0 Å². The first-order valence-corrected chi connectivity index (χ1v) is 11.3. The summed E-state index contributed by atoms with van der Waals surface area (Å²) < 4.78 is 23.6. The lowest BCUT2D eigenvalue weighted by atomic mass is 9.82. The minimum absolute atomic E-state index is 0.0230. The predicted molar refractivity (Wildman–Crippen MR) is 125 cm³/mol. The molecule has 1 saturated heterocycles. The van der Waals surface area contributed by atoms with Gasteiger partial charge in [0.15, 0.2) is 16.9 Å². The highest BCUT2D eigenvalue weighted by Crippen LogP contribution is 2.49. The quantitative estimate of drug-likeness (QED) is 0.464. The Bertz CT molecular complexity index is 1110. The van der Waals surface area contributed by atoms with Crippen LogP contribution in [0.1, 0.15) is 61.5 Å². The Morgan fingerprint density at radius 1 is 1.12 bits per heavy atom. The van der Waals surface area contributed by atoms with Crippen LogP contribution >= 0.6 is 0 Å². The molecule has 0 saturated carbocycles. The van der Waals surface area contributed by atoms with Crippen molar-refractivity contribution in [3.8, 4) is 22.8 Å². The second kappa shape index (κ2) is 9.09. The van der Waals surface area contributed by atoms with Gasteiger partial charge in [-0.3, -0.25) is 14.5 Å². The Morgan fingerprint density at radius 3 is 2.61 bits per heavy atom. The van der Waals surface area contributed by atoms with Crippen LogP contribution in [0.5, 0.6) is 11.5 Å². The van der Waals surface area contributed by atoms with Crippen molar-refractivity contribution >= 4 is 5.97 Å². The minimum atomic E-state index is -0.634. The van der Waals surface area contributed by atoms with Gasteiger partial charge in [-0.15, -0.1) is 0 Å². The smallest absolute Gasteiger partial charge is 0.343 e. The third-order valence-corrected chi connectivity index (χ3v) is 6.57. The van der Waals surface area contributed by atoms with E-state index in [0.717, 1.165) is 42.5 Å². The Labute approximate surface area is 194 Å². The van der Waals surface area contributed by atoms with Crippen LogP contribution < -0.4 is 19.9 Å². The van der Waals surface area contributed by atoms with Gasteiger partial charge in [0.2, 0.25) is 0 Å². The molecule has 1 aromatic heterocycles. The van der Waals surface area contributed by atoms with Crippen molar-refractivity contribution in [2.45, 2.75) is 51.1 Å². The molecule has 0 radical (unpaired) electrons. The Morgan fingerprint density at radius 2 is 1.91 bits per heavy atom. The number of carbonyl (C=O) groups is 1. The number of nitrogens with zero attached hydrogens (tertiary/aromatic N) is 2. The van der Waals surface area contributed by atoms with E-state index in [9.17, 15) is 9.59 Å². The normalized spacial score (nSPS) is 18.1. The van der Waals surface area contributed by atoms with Gasteiger partial charge in [0.25, 0.3) is 0 Å². The molecule has 2 aliphatic heterocycles. The summed E-state index contributed by atoms with van der Waals surface area (Å²) in [6.45, 7) is 5.52. The summed E-state index contributed by atoms with van der Waals surface area (Å²) in [4.78, 5) is 25.1. The zero-order chi connectivity index (χ0) is 23.8. The van der Waals surface area contributed by atoms with E-state index in [1.165, 1.54) is 13.2 Å². The zero-order valence-electron chi connectivity index (χ0n) is 20.0. The van der Waals surface area contributed by atoms with Gasteiger partial charge in [-0.1, -0.05) is 0 Å². The molecule has 8 nitrogen and oxygen atoms in total. The molecule has 0 N–H and O–H groups in total. The van der Waals surface area contributed by atoms with Gasteiger partial charge >= 0.3 is 5.97 Å². The van der Waals surface area contributed by atoms with Crippen molar-refractivity contribution in [1.29, 1.82) is 0 Å². The van der Waals surface area contributed by atoms with Crippen molar-refractivity contribution in [3.63, 3.8) is 0 Å². The van der Waals surface area contributed by atoms with Crippen LogP contribution in [0.25, 0.3) is 11.3 Å². The Kier molecular flexibility index (Phi) is 6.38. The fourth-order valence-corrected chi connectivity index (χ4v) is 5.01. The molecular formula is C25H32N2O6. The van der Waals surface area contributed by atoms with Crippen LogP contribution in [-0.4, -0.2) is 50.7 Å². The summed E-state index contributed by atoms with van der Waals surface area (Å²) in [7, 11) is 4.56. The lowest BCUT2D eigenvalue weighted by Crippen LogP contribution is -2.57. The molecule has 3 heterocycles. The summed E-state index contributed by atoms with van der Waals surface area (Å²) in [5.74, 6) is 0.647. The number of aromatic nitrogens is 1. The number of methoxy groups -OCH3 is 3. The summed E-state index contributed by atoms with van der Waals surface area (Å²) in [6.07, 6.45) is 5.41. The van der Waals surface area contributed by atoms with Crippen molar-refractivity contribution in [1.82, 2.24) is 4.68 Å². The molecule has 1 unspecified atom stereocenters. The maximum atomic E-state index is 12.8. The lowest BCUT2D eigenvalue weighted by molar-refractivity contribution is 0.0597. The molecule has 33 heavy (non-hydrogen) atoms. The average Bonchev–Trinajstić information content (AvgIpc) is 2.80. The molecule has 1 atom stereocenters. The standard InChI is InChI=1S/C25H32N2O6/c1-25(2)9-6-8-19-16-13-23(33-11-7-10-30-3)22(31-4)12-17(16)20-14-21(28)18(24(29)32-5)15-26(20)27(19)25/h12-15,19H,6-11H2,1-5H3. The summed E-state index contributed by atoms with van der Waals surface area (Å²) in [5.41, 5.74) is 2.19. The molecule has 1 aromatic carbocycles.